The van der Waals surface area contributed by atoms with Gasteiger partial charge in [0, 0.05) is 17.9 Å². The van der Waals surface area contributed by atoms with E-state index in [-0.39, 0.29) is 5.91 Å². The number of amides is 1. The number of carbonyl (C=O) groups excluding carboxylic acids is 1. The smallest absolute Gasteiger partial charge is 0.326 e. The van der Waals surface area contributed by atoms with Crippen molar-refractivity contribution in [1.29, 1.82) is 0 Å². The molecule has 1 aromatic rings. The van der Waals surface area contributed by atoms with Crippen molar-refractivity contribution >= 4 is 11.9 Å². The topological polar surface area (TPSA) is 71.3 Å². The fraction of sp³-hybridized carbons (Fsp3) is 0.467. The molecule has 1 rings (SSSR count). The van der Waals surface area contributed by atoms with E-state index in [1.807, 2.05) is 25.3 Å². The van der Waals surface area contributed by atoms with Crippen LogP contribution in [0.4, 0.5) is 0 Å². The van der Waals surface area contributed by atoms with Gasteiger partial charge in [0.2, 0.25) is 0 Å². The van der Waals surface area contributed by atoms with Gasteiger partial charge < -0.3 is 15.0 Å². The molecule has 1 unspecified atom stereocenters. The zero-order chi connectivity index (χ0) is 15.3. The summed E-state index contributed by atoms with van der Waals surface area (Å²) in [7, 11) is 0. The maximum absolute atomic E-state index is 12.2. The molecule has 5 heteroatoms. The lowest BCUT2D eigenvalue weighted by Gasteiger charge is -2.13. The Morgan fingerprint density at radius 1 is 1.50 bits per heavy atom. The van der Waals surface area contributed by atoms with Crippen LogP contribution in [0.15, 0.2) is 18.7 Å². The van der Waals surface area contributed by atoms with Crippen molar-refractivity contribution in [2.75, 3.05) is 0 Å². The number of allylic oxidation sites excluding steroid dienone is 1. The number of hydrogen-bond acceptors (Lipinski definition) is 2. The molecule has 1 aromatic heterocycles. The standard InChI is InChI=1S/C15H22N2O3/c1-5-7-8-13(15(19)20)16-14(18)12-9-10(3)17(6-2)11(12)4/h5,9,13H,1,6-8H2,2-4H3,(H,16,18)(H,19,20). The number of aromatic nitrogens is 1. The minimum atomic E-state index is -1.02. The molecule has 0 bridgehead atoms. The predicted octanol–water partition coefficient (Wildman–Crippen LogP) is 2.27. The van der Waals surface area contributed by atoms with E-state index in [9.17, 15) is 9.59 Å². The Labute approximate surface area is 119 Å². The van der Waals surface area contributed by atoms with Crippen molar-refractivity contribution < 1.29 is 14.7 Å². The molecule has 0 aliphatic rings. The van der Waals surface area contributed by atoms with Crippen LogP contribution in [-0.2, 0) is 11.3 Å². The Kier molecular flexibility index (Phi) is 5.55. The van der Waals surface area contributed by atoms with E-state index in [1.54, 1.807) is 12.1 Å². The van der Waals surface area contributed by atoms with Crippen molar-refractivity contribution in [3.05, 3.63) is 35.7 Å². The molecule has 1 heterocycles. The van der Waals surface area contributed by atoms with E-state index < -0.39 is 12.0 Å². The third-order valence-electron chi connectivity index (χ3n) is 3.40. The van der Waals surface area contributed by atoms with Gasteiger partial charge in [-0.2, -0.15) is 0 Å². The van der Waals surface area contributed by atoms with Crippen LogP contribution in [0.5, 0.6) is 0 Å². The van der Waals surface area contributed by atoms with Crippen LogP contribution >= 0.6 is 0 Å². The summed E-state index contributed by atoms with van der Waals surface area (Å²) < 4.78 is 2.02. The summed E-state index contributed by atoms with van der Waals surface area (Å²) >= 11 is 0. The van der Waals surface area contributed by atoms with Crippen molar-refractivity contribution in [2.45, 2.75) is 46.2 Å². The number of carboxylic acid groups (broad SMARTS) is 1. The van der Waals surface area contributed by atoms with Gasteiger partial charge in [-0.3, -0.25) is 4.79 Å². The Morgan fingerprint density at radius 2 is 2.15 bits per heavy atom. The van der Waals surface area contributed by atoms with Crippen LogP contribution in [0.2, 0.25) is 0 Å². The summed E-state index contributed by atoms with van der Waals surface area (Å²) in [5, 5.41) is 11.7. The largest absolute Gasteiger partial charge is 0.480 e. The van der Waals surface area contributed by atoms with E-state index >= 15 is 0 Å². The normalized spacial score (nSPS) is 11.9. The highest BCUT2D eigenvalue weighted by molar-refractivity contribution is 5.97. The second kappa shape index (κ2) is 6.93. The van der Waals surface area contributed by atoms with E-state index in [4.69, 9.17) is 5.11 Å². The molecule has 0 aromatic carbocycles. The Balaban J connectivity index is 2.89. The van der Waals surface area contributed by atoms with E-state index in [0.717, 1.165) is 17.9 Å². The molecule has 0 saturated heterocycles. The predicted molar refractivity (Wildman–Crippen MR) is 77.9 cm³/mol. The van der Waals surface area contributed by atoms with E-state index in [0.29, 0.717) is 18.4 Å². The SMILES string of the molecule is C=CCCC(NC(=O)c1cc(C)n(CC)c1C)C(=O)O. The van der Waals surface area contributed by atoms with Gasteiger partial charge in [-0.05, 0) is 39.7 Å². The molecule has 0 radical (unpaired) electrons. The lowest BCUT2D eigenvalue weighted by atomic mass is 10.1. The molecular weight excluding hydrogens is 256 g/mol. The number of hydrogen-bond donors (Lipinski definition) is 2. The second-order valence-corrected chi connectivity index (χ2v) is 4.76. The first-order valence-corrected chi connectivity index (χ1v) is 6.73. The third-order valence-corrected chi connectivity index (χ3v) is 3.40. The number of aliphatic carboxylic acids is 1. The molecule has 2 N–H and O–H groups in total. The van der Waals surface area contributed by atoms with Gasteiger partial charge in [0.05, 0.1) is 5.56 Å². The summed E-state index contributed by atoms with van der Waals surface area (Å²) in [6, 6.07) is 0.908. The van der Waals surface area contributed by atoms with E-state index in [1.165, 1.54) is 0 Å². The highest BCUT2D eigenvalue weighted by atomic mass is 16.4. The Bertz CT molecular complexity index is 517. The highest BCUT2D eigenvalue weighted by Gasteiger charge is 2.22. The zero-order valence-electron chi connectivity index (χ0n) is 12.3. The maximum Gasteiger partial charge on any atom is 0.326 e. The number of carboxylic acids is 1. The van der Waals surface area contributed by atoms with Crippen molar-refractivity contribution in [3.63, 3.8) is 0 Å². The average molecular weight is 278 g/mol. The van der Waals surface area contributed by atoms with Crippen molar-refractivity contribution in [2.24, 2.45) is 0 Å². The van der Waals surface area contributed by atoms with Gasteiger partial charge in [-0.25, -0.2) is 4.79 Å². The first kappa shape index (κ1) is 16.0. The number of carbonyl (C=O) groups is 2. The first-order chi connectivity index (χ1) is 9.42. The summed E-state index contributed by atoms with van der Waals surface area (Å²) in [4.78, 5) is 23.3. The van der Waals surface area contributed by atoms with Gasteiger partial charge in [0.1, 0.15) is 6.04 Å². The molecule has 0 aliphatic carbocycles. The number of aryl methyl sites for hydroxylation is 1. The fourth-order valence-corrected chi connectivity index (χ4v) is 2.30. The van der Waals surface area contributed by atoms with E-state index in [2.05, 4.69) is 11.9 Å². The molecular formula is C15H22N2O3. The molecule has 1 atom stereocenters. The minimum Gasteiger partial charge on any atom is -0.480 e. The van der Waals surface area contributed by atoms with Crippen LogP contribution in [0.1, 0.15) is 41.5 Å². The Hall–Kier alpha value is -2.04. The Morgan fingerprint density at radius 3 is 2.60 bits per heavy atom. The van der Waals surface area contributed by atoms with Crippen LogP contribution in [0.25, 0.3) is 0 Å². The molecule has 0 saturated carbocycles. The maximum atomic E-state index is 12.2. The highest BCUT2D eigenvalue weighted by Crippen LogP contribution is 2.15. The molecule has 5 nitrogen and oxygen atoms in total. The van der Waals surface area contributed by atoms with Gasteiger partial charge in [-0.1, -0.05) is 6.08 Å². The van der Waals surface area contributed by atoms with Crippen LogP contribution in [0.3, 0.4) is 0 Å². The summed E-state index contributed by atoms with van der Waals surface area (Å²) in [6.07, 6.45) is 2.54. The monoisotopic (exact) mass is 278 g/mol. The molecule has 0 spiro atoms. The summed E-state index contributed by atoms with van der Waals surface area (Å²) in [5.41, 5.74) is 2.39. The number of rotatable bonds is 7. The summed E-state index contributed by atoms with van der Waals surface area (Å²) in [5.74, 6) is -1.36. The van der Waals surface area contributed by atoms with Gasteiger partial charge in [0.25, 0.3) is 5.91 Å². The fourth-order valence-electron chi connectivity index (χ4n) is 2.30. The molecule has 110 valence electrons. The van der Waals surface area contributed by atoms with Gasteiger partial charge in [0.15, 0.2) is 0 Å². The lowest BCUT2D eigenvalue weighted by molar-refractivity contribution is -0.139. The van der Waals surface area contributed by atoms with Gasteiger partial charge >= 0.3 is 5.97 Å². The lowest BCUT2D eigenvalue weighted by Crippen LogP contribution is -2.40. The number of nitrogens with zero attached hydrogens (tertiary/aromatic N) is 1. The van der Waals surface area contributed by atoms with Crippen molar-refractivity contribution in [1.82, 2.24) is 9.88 Å². The molecule has 0 fully saturated rings. The first-order valence-electron chi connectivity index (χ1n) is 6.73. The molecule has 0 aliphatic heterocycles. The molecule has 1 amide bonds. The molecule has 20 heavy (non-hydrogen) atoms. The third kappa shape index (κ3) is 3.50. The second-order valence-electron chi connectivity index (χ2n) is 4.76. The van der Waals surface area contributed by atoms with Crippen LogP contribution in [0, 0.1) is 13.8 Å². The average Bonchev–Trinajstić information content (AvgIpc) is 2.68. The van der Waals surface area contributed by atoms with Crippen molar-refractivity contribution in [3.8, 4) is 0 Å². The quantitative estimate of drug-likeness (QED) is 0.752. The zero-order valence-corrected chi connectivity index (χ0v) is 12.3. The van der Waals surface area contributed by atoms with Crippen LogP contribution < -0.4 is 5.32 Å². The minimum absolute atomic E-state index is 0.339. The van der Waals surface area contributed by atoms with Crippen LogP contribution in [-0.4, -0.2) is 27.6 Å². The van der Waals surface area contributed by atoms with Gasteiger partial charge in [-0.15, -0.1) is 6.58 Å². The number of nitrogens with one attached hydrogen (secondary N) is 1. The summed E-state index contributed by atoms with van der Waals surface area (Å²) in [6.45, 7) is 10.1.